The van der Waals surface area contributed by atoms with Crippen molar-refractivity contribution in [3.8, 4) is 0 Å². The summed E-state index contributed by atoms with van der Waals surface area (Å²) in [6.07, 6.45) is 0. The van der Waals surface area contributed by atoms with Crippen LogP contribution >= 0.6 is 0 Å². The highest BCUT2D eigenvalue weighted by molar-refractivity contribution is 5.99. The Morgan fingerprint density at radius 2 is 1.67 bits per heavy atom. The molecule has 0 unspecified atom stereocenters. The highest BCUT2D eigenvalue weighted by Crippen LogP contribution is 2.21. The molecule has 0 aliphatic rings. The Balaban J connectivity index is 2.28. The predicted molar refractivity (Wildman–Crippen MR) is 67.6 cm³/mol. The molecule has 0 atom stereocenters. The summed E-state index contributed by atoms with van der Waals surface area (Å²) in [6.45, 7) is 0.127. The van der Waals surface area contributed by atoms with E-state index in [9.17, 15) is 9.59 Å². The van der Waals surface area contributed by atoms with Crippen molar-refractivity contribution in [2.75, 3.05) is 5.32 Å². The Hall–Kier alpha value is -2.62. The number of esters is 1. The quantitative estimate of drug-likeness (QED) is 0.508. The van der Waals surface area contributed by atoms with Crippen molar-refractivity contribution in [1.82, 2.24) is 0 Å². The molecular weight excluding hydrogens is 230 g/mol. The van der Waals surface area contributed by atoms with Gasteiger partial charge in [0.1, 0.15) is 0 Å². The van der Waals surface area contributed by atoms with Crippen LogP contribution in [0.15, 0.2) is 54.6 Å². The van der Waals surface area contributed by atoms with Crippen molar-refractivity contribution in [3.63, 3.8) is 0 Å². The molecule has 0 fully saturated rings. The first-order chi connectivity index (χ1) is 8.81. The van der Waals surface area contributed by atoms with Crippen LogP contribution in [0.1, 0.15) is 10.4 Å². The van der Waals surface area contributed by atoms with Gasteiger partial charge in [-0.05, 0) is 24.3 Å². The molecule has 18 heavy (non-hydrogen) atoms. The summed E-state index contributed by atoms with van der Waals surface area (Å²) < 4.78 is 4.35. The molecular formula is C14H11NO3. The average molecular weight is 241 g/mol. The van der Waals surface area contributed by atoms with Gasteiger partial charge in [0.2, 0.25) is 0 Å². The minimum atomic E-state index is -0.677. The van der Waals surface area contributed by atoms with Crippen LogP contribution in [0.5, 0.6) is 0 Å². The third kappa shape index (κ3) is 2.74. The van der Waals surface area contributed by atoms with Crippen LogP contribution in [0.4, 0.5) is 11.4 Å². The van der Waals surface area contributed by atoms with Gasteiger partial charge in [0.25, 0.3) is 0 Å². The summed E-state index contributed by atoms with van der Waals surface area (Å²) in [6, 6.07) is 16.3. The Morgan fingerprint density at radius 1 is 1.00 bits per heavy atom. The number of ether oxygens (including phenoxy) is 1. The zero-order chi connectivity index (χ0) is 12.8. The molecule has 0 aliphatic heterocycles. The van der Waals surface area contributed by atoms with Gasteiger partial charge < -0.3 is 10.1 Å². The summed E-state index contributed by atoms with van der Waals surface area (Å²) >= 11 is 0. The molecule has 0 aliphatic carbocycles. The molecule has 0 heterocycles. The van der Waals surface area contributed by atoms with Crippen LogP contribution in [0.2, 0.25) is 0 Å². The molecule has 0 amide bonds. The zero-order valence-corrected chi connectivity index (χ0v) is 9.50. The summed E-state index contributed by atoms with van der Waals surface area (Å²) in [5.41, 5.74) is 1.76. The fourth-order valence-corrected chi connectivity index (χ4v) is 1.55. The fourth-order valence-electron chi connectivity index (χ4n) is 1.55. The van der Waals surface area contributed by atoms with Gasteiger partial charge >= 0.3 is 12.4 Å². The van der Waals surface area contributed by atoms with Gasteiger partial charge in [-0.3, -0.25) is 4.79 Å². The molecule has 0 saturated heterocycles. The average Bonchev–Trinajstić information content (AvgIpc) is 2.41. The maximum Gasteiger partial charge on any atom is 0.347 e. The van der Waals surface area contributed by atoms with Crippen LogP contribution in [-0.4, -0.2) is 12.4 Å². The SMILES string of the molecule is O=COC(=O)c1ccccc1Nc1ccccc1. The monoisotopic (exact) mass is 241 g/mol. The lowest BCUT2D eigenvalue weighted by Crippen LogP contribution is -2.06. The van der Waals surface area contributed by atoms with E-state index in [4.69, 9.17) is 0 Å². The van der Waals surface area contributed by atoms with Gasteiger partial charge in [-0.15, -0.1) is 0 Å². The molecule has 1 N–H and O–H groups in total. The van der Waals surface area contributed by atoms with E-state index in [2.05, 4.69) is 10.1 Å². The number of carbonyl (C=O) groups excluding carboxylic acids is 2. The summed E-state index contributed by atoms with van der Waals surface area (Å²) in [5.74, 6) is -0.677. The second-order valence-electron chi connectivity index (χ2n) is 3.54. The normalized spacial score (nSPS) is 9.56. The molecule has 4 heteroatoms. The summed E-state index contributed by atoms with van der Waals surface area (Å²) in [7, 11) is 0. The Bertz CT molecular complexity index is 552. The minimum absolute atomic E-state index is 0.127. The second kappa shape index (κ2) is 5.63. The Kier molecular flexibility index (Phi) is 3.71. The van der Waals surface area contributed by atoms with Crippen molar-refractivity contribution < 1.29 is 14.3 Å². The number of rotatable bonds is 4. The highest BCUT2D eigenvalue weighted by Gasteiger charge is 2.11. The number of carbonyl (C=O) groups is 2. The van der Waals surface area contributed by atoms with E-state index in [1.54, 1.807) is 24.3 Å². The van der Waals surface area contributed by atoms with E-state index < -0.39 is 5.97 Å². The lowest BCUT2D eigenvalue weighted by molar-refractivity contribution is -0.123. The summed E-state index contributed by atoms with van der Waals surface area (Å²) in [5, 5.41) is 3.10. The van der Waals surface area contributed by atoms with Crippen molar-refractivity contribution >= 4 is 23.8 Å². The van der Waals surface area contributed by atoms with E-state index >= 15 is 0 Å². The van der Waals surface area contributed by atoms with Crippen molar-refractivity contribution in [3.05, 3.63) is 60.2 Å². The van der Waals surface area contributed by atoms with Gasteiger partial charge in [-0.1, -0.05) is 30.3 Å². The number of para-hydroxylation sites is 2. The fraction of sp³-hybridized carbons (Fsp3) is 0. The molecule has 0 saturated carbocycles. The van der Waals surface area contributed by atoms with Gasteiger partial charge in [0, 0.05) is 5.69 Å². The number of nitrogens with one attached hydrogen (secondary N) is 1. The number of hydrogen-bond acceptors (Lipinski definition) is 4. The van der Waals surface area contributed by atoms with Gasteiger partial charge in [0.05, 0.1) is 11.3 Å². The third-order valence-corrected chi connectivity index (χ3v) is 2.35. The first-order valence-corrected chi connectivity index (χ1v) is 5.37. The standard InChI is InChI=1S/C14H11NO3/c16-10-18-14(17)12-8-4-5-9-13(12)15-11-6-2-1-3-7-11/h1-10,15H. The summed E-state index contributed by atoms with van der Waals surface area (Å²) in [4.78, 5) is 21.8. The maximum atomic E-state index is 11.6. The van der Waals surface area contributed by atoms with Gasteiger partial charge in [-0.2, -0.15) is 0 Å². The lowest BCUT2D eigenvalue weighted by Gasteiger charge is -2.09. The topological polar surface area (TPSA) is 55.4 Å². The van der Waals surface area contributed by atoms with Crippen LogP contribution in [0.25, 0.3) is 0 Å². The van der Waals surface area contributed by atoms with E-state index in [0.29, 0.717) is 11.3 Å². The number of anilines is 2. The van der Waals surface area contributed by atoms with Crippen molar-refractivity contribution in [2.24, 2.45) is 0 Å². The van der Waals surface area contributed by atoms with Crippen LogP contribution in [-0.2, 0) is 9.53 Å². The lowest BCUT2D eigenvalue weighted by atomic mass is 10.1. The van der Waals surface area contributed by atoms with Crippen molar-refractivity contribution in [2.45, 2.75) is 0 Å². The largest absolute Gasteiger partial charge is 0.392 e. The van der Waals surface area contributed by atoms with Crippen molar-refractivity contribution in [1.29, 1.82) is 0 Å². The molecule has 2 rings (SSSR count). The van der Waals surface area contributed by atoms with E-state index in [0.717, 1.165) is 5.69 Å². The third-order valence-electron chi connectivity index (χ3n) is 2.35. The highest BCUT2D eigenvalue weighted by atomic mass is 16.6. The zero-order valence-electron chi connectivity index (χ0n) is 9.50. The maximum absolute atomic E-state index is 11.6. The Labute approximate surface area is 104 Å². The molecule has 0 radical (unpaired) electrons. The van der Waals surface area contributed by atoms with Crippen LogP contribution in [0.3, 0.4) is 0 Å². The Morgan fingerprint density at radius 3 is 2.39 bits per heavy atom. The molecule has 90 valence electrons. The van der Waals surface area contributed by atoms with E-state index in [1.165, 1.54) is 0 Å². The molecule has 0 aromatic heterocycles. The minimum Gasteiger partial charge on any atom is -0.392 e. The molecule has 0 spiro atoms. The molecule has 2 aromatic carbocycles. The van der Waals surface area contributed by atoms with Crippen LogP contribution < -0.4 is 5.32 Å². The van der Waals surface area contributed by atoms with Crippen LogP contribution in [0, 0.1) is 0 Å². The first-order valence-electron chi connectivity index (χ1n) is 5.37. The van der Waals surface area contributed by atoms with Gasteiger partial charge in [0.15, 0.2) is 0 Å². The predicted octanol–water partition coefficient (Wildman–Crippen LogP) is 2.74. The number of hydrogen-bond donors (Lipinski definition) is 1. The smallest absolute Gasteiger partial charge is 0.347 e. The molecule has 2 aromatic rings. The first kappa shape index (κ1) is 11.9. The molecule has 0 bridgehead atoms. The molecule has 4 nitrogen and oxygen atoms in total. The van der Waals surface area contributed by atoms with Gasteiger partial charge in [-0.25, -0.2) is 4.79 Å². The van der Waals surface area contributed by atoms with E-state index in [1.807, 2.05) is 30.3 Å². The van der Waals surface area contributed by atoms with E-state index in [-0.39, 0.29) is 6.47 Å². The second-order valence-corrected chi connectivity index (χ2v) is 3.54. The number of benzene rings is 2.